The largest absolute Gasteiger partial charge is 0.384 e. The highest BCUT2D eigenvalue weighted by atomic mass is 32.1. The zero-order chi connectivity index (χ0) is 15.0. The number of rotatable bonds is 4. The van der Waals surface area contributed by atoms with Crippen molar-refractivity contribution in [3.63, 3.8) is 0 Å². The van der Waals surface area contributed by atoms with Gasteiger partial charge < -0.3 is 10.4 Å². The van der Waals surface area contributed by atoms with Crippen molar-refractivity contribution in [1.29, 1.82) is 0 Å². The fraction of sp³-hybridized carbons (Fsp3) is 0.600. The molecule has 1 aliphatic rings. The summed E-state index contributed by atoms with van der Waals surface area (Å²) in [4.78, 5) is 5.96. The predicted octanol–water partition coefficient (Wildman–Crippen LogP) is 2.06. The third-order valence-corrected chi connectivity index (χ3v) is 5.20. The molecule has 2 unspecified atom stereocenters. The minimum absolute atomic E-state index is 0.308. The van der Waals surface area contributed by atoms with Crippen molar-refractivity contribution in [3.05, 3.63) is 33.5 Å². The SMILES string of the molecule is Cc1nc2c(s1)C(NCC(C)(O)c1cnn(C)c1)CCC2. The van der Waals surface area contributed by atoms with E-state index >= 15 is 0 Å². The second kappa shape index (κ2) is 5.51. The van der Waals surface area contributed by atoms with Gasteiger partial charge in [0.1, 0.15) is 5.60 Å². The summed E-state index contributed by atoms with van der Waals surface area (Å²) in [6, 6.07) is 0.308. The Morgan fingerprint density at radius 2 is 2.38 bits per heavy atom. The molecule has 2 N–H and O–H groups in total. The molecule has 0 aromatic carbocycles. The molecule has 0 radical (unpaired) electrons. The number of aryl methyl sites for hydroxylation is 3. The first-order valence-corrected chi connectivity index (χ1v) is 8.18. The molecule has 2 aromatic heterocycles. The van der Waals surface area contributed by atoms with Gasteiger partial charge in [-0.05, 0) is 33.1 Å². The van der Waals surface area contributed by atoms with Crippen LogP contribution in [-0.4, -0.2) is 26.4 Å². The minimum atomic E-state index is -0.911. The van der Waals surface area contributed by atoms with Crippen molar-refractivity contribution in [1.82, 2.24) is 20.1 Å². The average Bonchev–Trinajstić information content (AvgIpc) is 3.01. The van der Waals surface area contributed by atoms with Gasteiger partial charge in [-0.1, -0.05) is 0 Å². The maximum absolute atomic E-state index is 10.7. The average molecular weight is 306 g/mol. The second-order valence-electron chi connectivity index (χ2n) is 6.05. The first-order valence-electron chi connectivity index (χ1n) is 7.37. The van der Waals surface area contributed by atoms with Gasteiger partial charge in [-0.25, -0.2) is 4.98 Å². The van der Waals surface area contributed by atoms with Crippen LogP contribution in [0.3, 0.4) is 0 Å². The number of nitrogens with zero attached hydrogens (tertiary/aromatic N) is 3. The monoisotopic (exact) mass is 306 g/mol. The van der Waals surface area contributed by atoms with Gasteiger partial charge in [0.2, 0.25) is 0 Å². The molecule has 0 spiro atoms. The number of thiazole rings is 1. The fourth-order valence-electron chi connectivity index (χ4n) is 2.86. The van der Waals surface area contributed by atoms with Crippen LogP contribution in [0.2, 0.25) is 0 Å². The highest BCUT2D eigenvalue weighted by Crippen LogP contribution is 2.34. The lowest BCUT2D eigenvalue weighted by molar-refractivity contribution is 0.0531. The van der Waals surface area contributed by atoms with Crippen LogP contribution in [0.4, 0.5) is 0 Å². The van der Waals surface area contributed by atoms with Crippen LogP contribution >= 0.6 is 11.3 Å². The van der Waals surface area contributed by atoms with Gasteiger partial charge in [0.15, 0.2) is 0 Å². The van der Waals surface area contributed by atoms with E-state index in [1.165, 1.54) is 10.6 Å². The van der Waals surface area contributed by atoms with Crippen LogP contribution in [0.5, 0.6) is 0 Å². The zero-order valence-electron chi connectivity index (χ0n) is 12.8. The topological polar surface area (TPSA) is 63.0 Å². The van der Waals surface area contributed by atoms with E-state index in [0.29, 0.717) is 12.6 Å². The van der Waals surface area contributed by atoms with Gasteiger partial charge in [-0.15, -0.1) is 11.3 Å². The third-order valence-electron chi connectivity index (χ3n) is 4.08. The number of hydrogen-bond donors (Lipinski definition) is 2. The lowest BCUT2D eigenvalue weighted by atomic mass is 9.95. The Bertz CT molecular complexity index is 631. The van der Waals surface area contributed by atoms with Crippen molar-refractivity contribution in [3.8, 4) is 0 Å². The van der Waals surface area contributed by atoms with Crippen molar-refractivity contribution >= 4 is 11.3 Å². The summed E-state index contributed by atoms with van der Waals surface area (Å²) in [6.07, 6.45) is 6.94. The van der Waals surface area contributed by atoms with Crippen LogP contribution in [0.25, 0.3) is 0 Å². The molecule has 114 valence electrons. The first-order chi connectivity index (χ1) is 9.95. The molecule has 0 bridgehead atoms. The van der Waals surface area contributed by atoms with E-state index in [1.807, 2.05) is 20.2 Å². The normalized spacial score (nSPS) is 21.0. The molecule has 21 heavy (non-hydrogen) atoms. The van der Waals surface area contributed by atoms with Gasteiger partial charge in [0.05, 0.1) is 16.9 Å². The van der Waals surface area contributed by atoms with E-state index in [2.05, 4.69) is 22.3 Å². The van der Waals surface area contributed by atoms with Crippen LogP contribution in [0, 0.1) is 6.92 Å². The Balaban J connectivity index is 1.70. The number of aromatic nitrogens is 3. The molecule has 1 aliphatic carbocycles. The van der Waals surface area contributed by atoms with E-state index in [4.69, 9.17) is 0 Å². The van der Waals surface area contributed by atoms with E-state index in [-0.39, 0.29) is 0 Å². The van der Waals surface area contributed by atoms with Gasteiger partial charge in [0.25, 0.3) is 0 Å². The van der Waals surface area contributed by atoms with Crippen LogP contribution in [0.15, 0.2) is 12.4 Å². The van der Waals surface area contributed by atoms with Crippen molar-refractivity contribution in [2.24, 2.45) is 7.05 Å². The molecule has 0 saturated carbocycles. The van der Waals surface area contributed by atoms with Crippen LogP contribution < -0.4 is 5.32 Å². The molecule has 0 amide bonds. The van der Waals surface area contributed by atoms with E-state index in [1.54, 1.807) is 22.2 Å². The molecule has 3 rings (SSSR count). The van der Waals surface area contributed by atoms with E-state index < -0.39 is 5.60 Å². The van der Waals surface area contributed by atoms with Crippen LogP contribution in [-0.2, 0) is 19.1 Å². The van der Waals surface area contributed by atoms with Crippen molar-refractivity contribution in [2.75, 3.05) is 6.54 Å². The number of nitrogens with one attached hydrogen (secondary N) is 1. The minimum Gasteiger partial charge on any atom is -0.384 e. The van der Waals surface area contributed by atoms with Gasteiger partial charge in [-0.2, -0.15) is 5.10 Å². The van der Waals surface area contributed by atoms with Crippen molar-refractivity contribution in [2.45, 2.75) is 44.8 Å². The van der Waals surface area contributed by atoms with E-state index in [9.17, 15) is 5.11 Å². The maximum Gasteiger partial charge on any atom is 0.102 e. The summed E-state index contributed by atoms with van der Waals surface area (Å²) >= 11 is 1.78. The maximum atomic E-state index is 10.7. The third kappa shape index (κ3) is 3.02. The number of hydrogen-bond acceptors (Lipinski definition) is 5. The molecular weight excluding hydrogens is 284 g/mol. The Morgan fingerprint density at radius 3 is 3.10 bits per heavy atom. The molecule has 0 fully saturated rings. The fourth-order valence-corrected chi connectivity index (χ4v) is 3.94. The standard InChI is InChI=1S/C15H22N4OS/c1-10-18-13-6-4-5-12(14(13)21-10)16-9-15(2,20)11-7-17-19(3)8-11/h7-8,12,16,20H,4-6,9H2,1-3H3. The summed E-state index contributed by atoms with van der Waals surface area (Å²) in [6.45, 7) is 4.41. The molecule has 2 atom stereocenters. The van der Waals surface area contributed by atoms with Gasteiger partial charge >= 0.3 is 0 Å². The Morgan fingerprint density at radius 1 is 1.57 bits per heavy atom. The number of fused-ring (bicyclic) bond motifs is 1. The lowest BCUT2D eigenvalue weighted by Gasteiger charge is -2.28. The number of aliphatic hydroxyl groups is 1. The van der Waals surface area contributed by atoms with Gasteiger partial charge in [0, 0.05) is 36.3 Å². The predicted molar refractivity (Wildman–Crippen MR) is 83.3 cm³/mol. The molecule has 0 aliphatic heterocycles. The summed E-state index contributed by atoms with van der Waals surface area (Å²) in [5.41, 5.74) is 1.17. The molecule has 0 saturated heterocycles. The summed E-state index contributed by atoms with van der Waals surface area (Å²) in [5, 5.41) is 19.4. The summed E-state index contributed by atoms with van der Waals surface area (Å²) in [5.74, 6) is 0. The highest BCUT2D eigenvalue weighted by molar-refractivity contribution is 7.11. The quantitative estimate of drug-likeness (QED) is 0.907. The Hall–Kier alpha value is -1.24. The Labute approximate surface area is 129 Å². The molecule has 2 heterocycles. The Kier molecular flexibility index (Phi) is 3.86. The smallest absolute Gasteiger partial charge is 0.102 e. The van der Waals surface area contributed by atoms with Crippen molar-refractivity contribution < 1.29 is 5.11 Å². The molecular formula is C15H22N4OS. The molecule has 2 aromatic rings. The van der Waals surface area contributed by atoms with E-state index in [0.717, 1.165) is 29.8 Å². The first kappa shape index (κ1) is 14.7. The summed E-state index contributed by atoms with van der Waals surface area (Å²) < 4.78 is 1.72. The highest BCUT2D eigenvalue weighted by Gasteiger charge is 2.29. The molecule has 6 heteroatoms. The van der Waals surface area contributed by atoms with Crippen LogP contribution in [0.1, 0.15) is 46.9 Å². The zero-order valence-corrected chi connectivity index (χ0v) is 13.6. The van der Waals surface area contributed by atoms with Gasteiger partial charge in [-0.3, -0.25) is 4.68 Å². The second-order valence-corrected chi connectivity index (χ2v) is 7.28. The summed E-state index contributed by atoms with van der Waals surface area (Å²) in [7, 11) is 1.86. The lowest BCUT2D eigenvalue weighted by Crippen LogP contribution is -2.37. The molecule has 5 nitrogen and oxygen atoms in total.